The van der Waals surface area contributed by atoms with Crippen LogP contribution in [-0.2, 0) is 5.60 Å². The normalized spacial score (nSPS) is 16.3. The summed E-state index contributed by atoms with van der Waals surface area (Å²) in [4.78, 5) is 11.3. The minimum Gasteiger partial charge on any atom is -0.477 e. The lowest BCUT2D eigenvalue weighted by Crippen LogP contribution is -2.43. The molecule has 1 aliphatic heterocycles. The summed E-state index contributed by atoms with van der Waals surface area (Å²) < 4.78 is 5.97. The van der Waals surface area contributed by atoms with Gasteiger partial charge >= 0.3 is 0 Å². The second kappa shape index (κ2) is 9.53. The van der Waals surface area contributed by atoms with Crippen LogP contribution in [0.3, 0.4) is 0 Å². The monoisotopic (exact) mass is 413 g/mol. The van der Waals surface area contributed by atoms with Crippen LogP contribution in [0.2, 0.25) is 0 Å². The lowest BCUT2D eigenvalue weighted by Gasteiger charge is -2.38. The first-order valence-electron chi connectivity index (χ1n) is 10.0. The van der Waals surface area contributed by atoms with Crippen LogP contribution < -0.4 is 4.74 Å². The van der Waals surface area contributed by atoms with Gasteiger partial charge in [-0.15, -0.1) is 12.4 Å². The number of aliphatic hydroxyl groups is 1. The molecule has 2 aromatic carbocycles. The molecule has 0 atom stereocenters. The largest absolute Gasteiger partial charge is 0.477 e. The molecule has 3 aromatic rings. The molecule has 0 aliphatic carbocycles. The van der Waals surface area contributed by atoms with Crippen molar-refractivity contribution in [3.05, 3.63) is 66.0 Å². The van der Waals surface area contributed by atoms with E-state index >= 15 is 0 Å². The van der Waals surface area contributed by atoms with Gasteiger partial charge in [0, 0.05) is 19.6 Å². The molecule has 4 rings (SSSR count). The second-order valence-corrected chi connectivity index (χ2v) is 7.53. The van der Waals surface area contributed by atoms with Gasteiger partial charge in [-0.05, 0) is 43.9 Å². The van der Waals surface area contributed by atoms with Crippen molar-refractivity contribution in [1.29, 1.82) is 0 Å². The molecule has 6 heteroatoms. The molecule has 1 saturated heterocycles. The molecular weight excluding hydrogens is 386 g/mol. The number of hydrogen-bond donors (Lipinski definition) is 1. The fraction of sp³-hybridized carbons (Fsp3) is 0.391. The van der Waals surface area contributed by atoms with E-state index in [1.807, 2.05) is 61.5 Å². The van der Waals surface area contributed by atoms with E-state index in [1.165, 1.54) is 0 Å². The lowest BCUT2D eigenvalue weighted by molar-refractivity contribution is -0.0265. The summed E-state index contributed by atoms with van der Waals surface area (Å²) in [6.07, 6.45) is 2.47. The van der Waals surface area contributed by atoms with Crippen LogP contribution in [0.1, 0.15) is 30.7 Å². The average Bonchev–Trinajstić information content (AvgIpc) is 2.73. The van der Waals surface area contributed by atoms with Gasteiger partial charge in [-0.2, -0.15) is 4.98 Å². The van der Waals surface area contributed by atoms with Crippen molar-refractivity contribution in [2.45, 2.75) is 31.8 Å². The third kappa shape index (κ3) is 5.04. The Labute approximate surface area is 178 Å². The van der Waals surface area contributed by atoms with Gasteiger partial charge in [0.2, 0.25) is 5.88 Å². The van der Waals surface area contributed by atoms with Crippen LogP contribution in [0.25, 0.3) is 10.9 Å². The van der Waals surface area contributed by atoms with E-state index < -0.39 is 5.60 Å². The highest BCUT2D eigenvalue weighted by Crippen LogP contribution is 2.32. The van der Waals surface area contributed by atoms with Crippen molar-refractivity contribution < 1.29 is 9.84 Å². The number of aromatic nitrogens is 2. The Morgan fingerprint density at radius 3 is 2.45 bits per heavy atom. The zero-order valence-electron chi connectivity index (χ0n) is 16.8. The predicted molar refractivity (Wildman–Crippen MR) is 118 cm³/mol. The van der Waals surface area contributed by atoms with Crippen molar-refractivity contribution in [3.63, 3.8) is 0 Å². The number of piperidine rings is 1. The van der Waals surface area contributed by atoms with Crippen LogP contribution in [0, 0.1) is 6.92 Å². The SMILES string of the molecule is Cc1nc(OCCCN2CCC(O)(c3ccccc3)CC2)c2ccccc2n1.Cl. The summed E-state index contributed by atoms with van der Waals surface area (Å²) in [7, 11) is 0. The van der Waals surface area contributed by atoms with Crippen molar-refractivity contribution >= 4 is 23.3 Å². The molecule has 0 bridgehead atoms. The number of nitrogens with zero attached hydrogens (tertiary/aromatic N) is 3. The van der Waals surface area contributed by atoms with E-state index in [2.05, 4.69) is 14.9 Å². The van der Waals surface area contributed by atoms with E-state index in [4.69, 9.17) is 4.74 Å². The molecule has 0 amide bonds. The quantitative estimate of drug-likeness (QED) is 0.616. The van der Waals surface area contributed by atoms with E-state index in [1.54, 1.807) is 0 Å². The molecular formula is C23H28ClN3O2. The minimum atomic E-state index is -0.689. The van der Waals surface area contributed by atoms with Gasteiger partial charge in [0.25, 0.3) is 0 Å². The molecule has 0 saturated carbocycles. The smallest absolute Gasteiger partial charge is 0.224 e. The number of hydrogen-bond acceptors (Lipinski definition) is 5. The second-order valence-electron chi connectivity index (χ2n) is 7.53. The number of para-hydroxylation sites is 1. The minimum absolute atomic E-state index is 0. The molecule has 29 heavy (non-hydrogen) atoms. The van der Waals surface area contributed by atoms with Crippen molar-refractivity contribution in [2.24, 2.45) is 0 Å². The van der Waals surface area contributed by atoms with Gasteiger partial charge in [0.1, 0.15) is 5.82 Å². The van der Waals surface area contributed by atoms with E-state index in [0.717, 1.165) is 61.2 Å². The molecule has 0 spiro atoms. The van der Waals surface area contributed by atoms with E-state index in [9.17, 15) is 5.11 Å². The van der Waals surface area contributed by atoms with Gasteiger partial charge in [-0.1, -0.05) is 42.5 Å². The molecule has 1 fully saturated rings. The highest BCUT2D eigenvalue weighted by Gasteiger charge is 2.33. The summed E-state index contributed by atoms with van der Waals surface area (Å²) >= 11 is 0. The maximum Gasteiger partial charge on any atom is 0.224 e. The highest BCUT2D eigenvalue weighted by molar-refractivity contribution is 5.85. The first kappa shape index (κ1) is 21.5. The Kier molecular flexibility index (Phi) is 7.06. The first-order valence-corrected chi connectivity index (χ1v) is 10.0. The molecule has 5 nitrogen and oxygen atoms in total. The van der Waals surface area contributed by atoms with Crippen LogP contribution in [0.4, 0.5) is 0 Å². The molecule has 0 unspecified atom stereocenters. The van der Waals surface area contributed by atoms with Gasteiger partial charge < -0.3 is 14.7 Å². The maximum absolute atomic E-state index is 10.9. The predicted octanol–water partition coefficient (Wildman–Crippen LogP) is 4.11. The topological polar surface area (TPSA) is 58.5 Å². The molecule has 1 aliphatic rings. The van der Waals surface area contributed by atoms with Crippen molar-refractivity contribution in [2.75, 3.05) is 26.2 Å². The molecule has 0 radical (unpaired) electrons. The standard InChI is InChI=1S/C23H27N3O2.ClH/c1-18-24-21-11-6-5-10-20(21)22(25-18)28-17-7-14-26-15-12-23(27,13-16-26)19-8-3-2-4-9-19;/h2-6,8-11,27H,7,12-17H2,1H3;1H. The number of benzene rings is 2. The van der Waals surface area contributed by atoms with Gasteiger partial charge in [0.05, 0.1) is 23.1 Å². The summed E-state index contributed by atoms with van der Waals surface area (Å²) in [6.45, 7) is 5.29. The number of rotatable bonds is 6. The third-order valence-corrected chi connectivity index (χ3v) is 5.53. The molecule has 154 valence electrons. The molecule has 2 heterocycles. The zero-order chi connectivity index (χ0) is 19.4. The molecule has 1 N–H and O–H groups in total. The summed E-state index contributed by atoms with van der Waals surface area (Å²) in [5.74, 6) is 1.39. The van der Waals surface area contributed by atoms with Crippen LogP contribution in [0.5, 0.6) is 5.88 Å². The maximum atomic E-state index is 10.9. The van der Waals surface area contributed by atoms with E-state index in [-0.39, 0.29) is 12.4 Å². The summed E-state index contributed by atoms with van der Waals surface area (Å²) in [5, 5.41) is 11.9. The van der Waals surface area contributed by atoms with Gasteiger partial charge in [0.15, 0.2) is 0 Å². The third-order valence-electron chi connectivity index (χ3n) is 5.53. The Hall–Kier alpha value is -2.21. The Morgan fingerprint density at radius 2 is 1.69 bits per heavy atom. The first-order chi connectivity index (χ1) is 13.6. The Balaban J connectivity index is 0.00000240. The van der Waals surface area contributed by atoms with E-state index in [0.29, 0.717) is 12.5 Å². The van der Waals surface area contributed by atoms with Crippen molar-refractivity contribution in [1.82, 2.24) is 14.9 Å². The lowest BCUT2D eigenvalue weighted by atomic mass is 9.84. The van der Waals surface area contributed by atoms with Crippen LogP contribution in [0.15, 0.2) is 54.6 Å². The highest BCUT2D eigenvalue weighted by atomic mass is 35.5. The Bertz CT molecular complexity index is 928. The molecule has 1 aromatic heterocycles. The van der Waals surface area contributed by atoms with Crippen molar-refractivity contribution in [3.8, 4) is 5.88 Å². The number of likely N-dealkylation sites (tertiary alicyclic amines) is 1. The Morgan fingerprint density at radius 1 is 1.00 bits per heavy atom. The number of ether oxygens (including phenoxy) is 1. The number of fused-ring (bicyclic) bond motifs is 1. The fourth-order valence-electron chi connectivity index (χ4n) is 3.91. The summed E-state index contributed by atoms with van der Waals surface area (Å²) in [6, 6.07) is 18.0. The zero-order valence-corrected chi connectivity index (χ0v) is 17.6. The fourth-order valence-corrected chi connectivity index (χ4v) is 3.91. The average molecular weight is 414 g/mol. The number of aryl methyl sites for hydroxylation is 1. The van der Waals surface area contributed by atoms with Gasteiger partial charge in [-0.3, -0.25) is 0 Å². The number of halogens is 1. The summed E-state index contributed by atoms with van der Waals surface area (Å²) in [5.41, 5.74) is 1.26. The van der Waals surface area contributed by atoms with Crippen LogP contribution in [-0.4, -0.2) is 46.2 Å². The van der Waals surface area contributed by atoms with Gasteiger partial charge in [-0.25, -0.2) is 4.98 Å². The van der Waals surface area contributed by atoms with Crippen LogP contribution >= 0.6 is 12.4 Å².